The molecule has 3 atom stereocenters. The SMILES string of the molecule is O=C(NC[C@H]1[C@@H](c2ccccc2)[C@@H](CO)N1Cc1cccnc1)C1CCCCC1. The molecule has 2 N–H and O–H groups in total. The van der Waals surface area contributed by atoms with Gasteiger partial charge in [-0.05, 0) is 30.0 Å². The van der Waals surface area contributed by atoms with E-state index in [0.29, 0.717) is 6.54 Å². The van der Waals surface area contributed by atoms with E-state index in [-0.39, 0.29) is 36.4 Å². The highest BCUT2D eigenvalue weighted by Gasteiger charge is 2.48. The fraction of sp³-hybridized carbons (Fsp3) is 0.500. The number of nitrogens with one attached hydrogen (secondary N) is 1. The van der Waals surface area contributed by atoms with Crippen LogP contribution >= 0.6 is 0 Å². The topological polar surface area (TPSA) is 65.5 Å². The average Bonchev–Trinajstić information content (AvgIpc) is 2.78. The smallest absolute Gasteiger partial charge is 0.223 e. The van der Waals surface area contributed by atoms with Crippen molar-refractivity contribution < 1.29 is 9.90 Å². The zero-order valence-corrected chi connectivity index (χ0v) is 16.9. The molecule has 1 aromatic carbocycles. The van der Waals surface area contributed by atoms with Crippen LogP contribution in [0.4, 0.5) is 0 Å². The Hall–Kier alpha value is -2.24. The average molecular weight is 394 g/mol. The summed E-state index contributed by atoms with van der Waals surface area (Å²) in [7, 11) is 0. The number of nitrogens with zero attached hydrogens (tertiary/aromatic N) is 2. The Labute approximate surface area is 173 Å². The molecule has 5 nitrogen and oxygen atoms in total. The fourth-order valence-corrected chi connectivity index (χ4v) is 5.05. The largest absolute Gasteiger partial charge is 0.395 e. The summed E-state index contributed by atoms with van der Waals surface area (Å²) < 4.78 is 0. The van der Waals surface area contributed by atoms with Gasteiger partial charge >= 0.3 is 0 Å². The molecule has 4 rings (SSSR count). The number of hydrogen-bond donors (Lipinski definition) is 2. The van der Waals surface area contributed by atoms with Crippen molar-refractivity contribution in [2.24, 2.45) is 5.92 Å². The van der Waals surface area contributed by atoms with Crippen LogP contribution in [0.3, 0.4) is 0 Å². The van der Waals surface area contributed by atoms with E-state index in [1.807, 2.05) is 30.5 Å². The number of aromatic nitrogens is 1. The van der Waals surface area contributed by atoms with Crippen LogP contribution in [0.15, 0.2) is 54.9 Å². The van der Waals surface area contributed by atoms with E-state index in [4.69, 9.17) is 0 Å². The van der Waals surface area contributed by atoms with Gasteiger partial charge in [0.25, 0.3) is 0 Å². The molecule has 5 heteroatoms. The van der Waals surface area contributed by atoms with E-state index in [0.717, 1.165) is 37.8 Å². The van der Waals surface area contributed by atoms with Gasteiger partial charge < -0.3 is 10.4 Å². The monoisotopic (exact) mass is 393 g/mol. The quantitative estimate of drug-likeness (QED) is 0.759. The molecule has 1 saturated heterocycles. The van der Waals surface area contributed by atoms with Crippen molar-refractivity contribution in [3.63, 3.8) is 0 Å². The molecule has 0 spiro atoms. The van der Waals surface area contributed by atoms with Gasteiger partial charge in [-0.15, -0.1) is 0 Å². The van der Waals surface area contributed by atoms with E-state index in [1.54, 1.807) is 6.20 Å². The molecule has 2 aliphatic rings. The summed E-state index contributed by atoms with van der Waals surface area (Å²) >= 11 is 0. The minimum absolute atomic E-state index is 0.0502. The van der Waals surface area contributed by atoms with Crippen LogP contribution < -0.4 is 5.32 Å². The van der Waals surface area contributed by atoms with E-state index in [2.05, 4.69) is 33.4 Å². The first kappa shape index (κ1) is 20.0. The summed E-state index contributed by atoms with van der Waals surface area (Å²) in [5.41, 5.74) is 2.35. The maximum atomic E-state index is 12.7. The van der Waals surface area contributed by atoms with Crippen molar-refractivity contribution in [3.05, 3.63) is 66.0 Å². The second kappa shape index (κ2) is 9.51. The highest BCUT2D eigenvalue weighted by molar-refractivity contribution is 5.78. The Morgan fingerprint density at radius 3 is 2.55 bits per heavy atom. The number of aliphatic hydroxyl groups is 1. The van der Waals surface area contributed by atoms with Crippen LogP contribution in [0.5, 0.6) is 0 Å². The highest BCUT2D eigenvalue weighted by Crippen LogP contribution is 2.41. The molecule has 0 unspecified atom stereocenters. The van der Waals surface area contributed by atoms with E-state index in [9.17, 15) is 9.90 Å². The number of carbonyl (C=O) groups excluding carboxylic acids is 1. The predicted octanol–water partition coefficient (Wildman–Crippen LogP) is 3.11. The standard InChI is InChI=1S/C24H31N3O2/c28-17-22-23(19-9-3-1-4-10-19)21(27(22)16-18-8-7-13-25-14-18)15-26-24(29)20-11-5-2-6-12-20/h1,3-4,7-10,13-14,20-23,28H,2,5-6,11-12,15-17H2,(H,26,29)/t21-,22+,23+/m0/s1. The number of amides is 1. The molecule has 1 aromatic heterocycles. The Balaban J connectivity index is 1.48. The normalized spacial score (nSPS) is 25.3. The number of likely N-dealkylation sites (tertiary alicyclic amines) is 1. The Morgan fingerprint density at radius 1 is 1.07 bits per heavy atom. The van der Waals surface area contributed by atoms with Crippen LogP contribution in [-0.4, -0.2) is 46.1 Å². The van der Waals surface area contributed by atoms with Gasteiger partial charge in [-0.3, -0.25) is 14.7 Å². The molecule has 1 aliphatic heterocycles. The second-order valence-corrected chi connectivity index (χ2v) is 8.37. The maximum absolute atomic E-state index is 12.7. The van der Waals surface area contributed by atoms with E-state index >= 15 is 0 Å². The molecule has 0 radical (unpaired) electrons. The van der Waals surface area contributed by atoms with Gasteiger partial charge in [0.05, 0.1) is 6.61 Å². The number of hydrogen-bond acceptors (Lipinski definition) is 4. The van der Waals surface area contributed by atoms with Crippen molar-refractivity contribution in [1.82, 2.24) is 15.2 Å². The van der Waals surface area contributed by atoms with Crippen LogP contribution in [0.2, 0.25) is 0 Å². The first-order valence-electron chi connectivity index (χ1n) is 10.9. The Kier molecular flexibility index (Phi) is 6.57. The van der Waals surface area contributed by atoms with E-state index < -0.39 is 0 Å². The number of carbonyl (C=O) groups is 1. The Morgan fingerprint density at radius 2 is 1.86 bits per heavy atom. The predicted molar refractivity (Wildman–Crippen MR) is 113 cm³/mol. The fourth-order valence-electron chi connectivity index (χ4n) is 5.05. The summed E-state index contributed by atoms with van der Waals surface area (Å²) in [6.45, 7) is 1.45. The molecule has 1 amide bonds. The van der Waals surface area contributed by atoms with Crippen molar-refractivity contribution in [3.8, 4) is 0 Å². The molecule has 1 aliphatic carbocycles. The van der Waals surface area contributed by atoms with Crippen molar-refractivity contribution in [1.29, 1.82) is 0 Å². The molecular weight excluding hydrogens is 362 g/mol. The Bertz CT molecular complexity index is 777. The summed E-state index contributed by atoms with van der Waals surface area (Å²) in [5, 5.41) is 13.4. The zero-order valence-electron chi connectivity index (χ0n) is 16.9. The lowest BCUT2D eigenvalue weighted by Crippen LogP contribution is -2.66. The molecule has 154 valence electrons. The van der Waals surface area contributed by atoms with Crippen LogP contribution in [0.25, 0.3) is 0 Å². The third-order valence-electron chi connectivity index (χ3n) is 6.60. The molecule has 1 saturated carbocycles. The van der Waals surface area contributed by atoms with Gasteiger partial charge in [-0.2, -0.15) is 0 Å². The third-order valence-corrected chi connectivity index (χ3v) is 6.60. The number of pyridine rings is 1. The molecule has 2 aromatic rings. The molecule has 0 bridgehead atoms. The lowest BCUT2D eigenvalue weighted by atomic mass is 9.74. The van der Waals surface area contributed by atoms with Crippen molar-refractivity contribution in [2.45, 2.75) is 56.7 Å². The minimum atomic E-state index is 0.0502. The molecule has 2 fully saturated rings. The maximum Gasteiger partial charge on any atom is 0.223 e. The molecular formula is C24H31N3O2. The zero-order chi connectivity index (χ0) is 20.1. The van der Waals surface area contributed by atoms with Gasteiger partial charge in [0.1, 0.15) is 0 Å². The molecule has 29 heavy (non-hydrogen) atoms. The van der Waals surface area contributed by atoms with Crippen LogP contribution in [0, 0.1) is 5.92 Å². The van der Waals surface area contributed by atoms with Crippen molar-refractivity contribution >= 4 is 5.91 Å². The molecule has 2 heterocycles. The summed E-state index contributed by atoms with van der Waals surface area (Å²) in [6, 6.07) is 14.6. The lowest BCUT2D eigenvalue weighted by Gasteiger charge is -2.55. The summed E-state index contributed by atoms with van der Waals surface area (Å²) in [4.78, 5) is 19.3. The van der Waals surface area contributed by atoms with Gasteiger partial charge in [0.2, 0.25) is 5.91 Å². The highest BCUT2D eigenvalue weighted by atomic mass is 16.3. The van der Waals surface area contributed by atoms with Gasteiger partial charge in [0.15, 0.2) is 0 Å². The first-order valence-corrected chi connectivity index (χ1v) is 10.9. The second-order valence-electron chi connectivity index (χ2n) is 8.37. The van der Waals surface area contributed by atoms with Crippen LogP contribution in [-0.2, 0) is 11.3 Å². The summed E-state index contributed by atoms with van der Waals surface area (Å²) in [5.74, 6) is 0.578. The number of aliphatic hydroxyl groups excluding tert-OH is 1. The van der Waals surface area contributed by atoms with Gasteiger partial charge in [0, 0.05) is 49.4 Å². The third kappa shape index (κ3) is 4.51. The number of rotatable bonds is 7. The van der Waals surface area contributed by atoms with Gasteiger partial charge in [-0.1, -0.05) is 55.7 Å². The van der Waals surface area contributed by atoms with Crippen molar-refractivity contribution in [2.75, 3.05) is 13.2 Å². The minimum Gasteiger partial charge on any atom is -0.395 e. The summed E-state index contributed by atoms with van der Waals surface area (Å²) in [6.07, 6.45) is 9.25. The first-order chi connectivity index (χ1) is 14.3. The lowest BCUT2D eigenvalue weighted by molar-refractivity contribution is -0.127. The van der Waals surface area contributed by atoms with Crippen LogP contribution in [0.1, 0.15) is 49.1 Å². The van der Waals surface area contributed by atoms with E-state index in [1.165, 1.54) is 12.0 Å². The number of benzene rings is 1. The van der Waals surface area contributed by atoms with Gasteiger partial charge in [-0.25, -0.2) is 0 Å².